The molecule has 1 N–H and O–H groups in total. The number of aliphatic imine (C=N–C) groups is 1. The fourth-order valence-corrected chi connectivity index (χ4v) is 3.60. The molecule has 1 heterocycles. The summed E-state index contributed by atoms with van der Waals surface area (Å²) in [4.78, 5) is 21.5. The summed E-state index contributed by atoms with van der Waals surface area (Å²) in [5.74, 6) is 1.03. The maximum atomic E-state index is 12.6. The molecule has 5 nitrogen and oxygen atoms in total. The number of piperidine rings is 1. The van der Waals surface area contributed by atoms with E-state index in [1.54, 1.807) is 0 Å². The number of amides is 1. The van der Waals surface area contributed by atoms with Gasteiger partial charge in [-0.2, -0.15) is 0 Å². The molecular weight excluding hydrogens is 360 g/mol. The van der Waals surface area contributed by atoms with Crippen molar-refractivity contribution in [2.75, 3.05) is 26.7 Å². The Labute approximate surface area is 174 Å². The highest BCUT2D eigenvalue weighted by Gasteiger charge is 2.17. The normalized spacial score (nSPS) is 14.6. The van der Waals surface area contributed by atoms with Gasteiger partial charge in [0.05, 0.1) is 6.54 Å². The van der Waals surface area contributed by atoms with E-state index in [4.69, 9.17) is 4.99 Å². The van der Waals surface area contributed by atoms with Crippen LogP contribution >= 0.6 is 0 Å². The van der Waals surface area contributed by atoms with Crippen LogP contribution in [0.4, 0.5) is 0 Å². The third-order valence-corrected chi connectivity index (χ3v) is 5.21. The number of hydrogen-bond donors (Lipinski definition) is 1. The van der Waals surface area contributed by atoms with E-state index < -0.39 is 0 Å². The highest BCUT2D eigenvalue weighted by molar-refractivity contribution is 5.94. The van der Waals surface area contributed by atoms with Gasteiger partial charge in [0.1, 0.15) is 0 Å². The van der Waals surface area contributed by atoms with E-state index in [0.717, 1.165) is 56.1 Å². The van der Waals surface area contributed by atoms with Crippen LogP contribution in [0.1, 0.15) is 47.7 Å². The molecule has 0 saturated carbocycles. The maximum Gasteiger partial charge on any atom is 0.253 e. The van der Waals surface area contributed by atoms with Crippen LogP contribution in [-0.4, -0.2) is 48.3 Å². The number of likely N-dealkylation sites (tertiary alicyclic amines) is 1. The van der Waals surface area contributed by atoms with Crippen LogP contribution in [0.3, 0.4) is 0 Å². The zero-order valence-corrected chi connectivity index (χ0v) is 17.6. The van der Waals surface area contributed by atoms with Crippen LogP contribution in [0.5, 0.6) is 0 Å². The zero-order chi connectivity index (χ0) is 20.5. The molecular formula is C24H32N4O. The number of nitrogens with zero attached hydrogens (tertiary/aromatic N) is 3. The van der Waals surface area contributed by atoms with Crippen molar-refractivity contribution >= 4 is 11.9 Å². The van der Waals surface area contributed by atoms with E-state index in [2.05, 4.69) is 48.5 Å². The van der Waals surface area contributed by atoms with Gasteiger partial charge >= 0.3 is 0 Å². The molecule has 1 fully saturated rings. The molecule has 0 unspecified atom stereocenters. The molecule has 2 aromatic carbocycles. The van der Waals surface area contributed by atoms with Crippen molar-refractivity contribution in [3.63, 3.8) is 0 Å². The Balaban J connectivity index is 1.62. The van der Waals surface area contributed by atoms with Gasteiger partial charge in [0.15, 0.2) is 5.96 Å². The van der Waals surface area contributed by atoms with Gasteiger partial charge in [-0.3, -0.25) is 4.79 Å². The van der Waals surface area contributed by atoms with Gasteiger partial charge in [-0.1, -0.05) is 42.5 Å². The molecule has 1 saturated heterocycles. The van der Waals surface area contributed by atoms with Crippen LogP contribution in [0, 0.1) is 0 Å². The van der Waals surface area contributed by atoms with Crippen molar-refractivity contribution in [3.05, 3.63) is 71.3 Å². The Hall–Kier alpha value is -2.82. The third-order valence-electron chi connectivity index (χ3n) is 5.21. The Morgan fingerprint density at radius 1 is 1.00 bits per heavy atom. The topological polar surface area (TPSA) is 47.9 Å². The van der Waals surface area contributed by atoms with Gasteiger partial charge in [0.2, 0.25) is 0 Å². The standard InChI is InChI=1S/C24H32N4O/c1-3-25-24(27(2)19-21-10-6-4-7-11-21)26-18-20-12-14-22(15-13-20)23(29)28-16-8-5-9-17-28/h4,6-7,10-15H,3,5,8-9,16-19H2,1-2H3,(H,25,26). The molecule has 1 aliphatic rings. The molecule has 0 radical (unpaired) electrons. The molecule has 29 heavy (non-hydrogen) atoms. The second-order valence-electron chi connectivity index (χ2n) is 7.56. The SMILES string of the molecule is CCNC(=NCc1ccc(C(=O)N2CCCCC2)cc1)N(C)Cc1ccccc1. The molecule has 154 valence electrons. The minimum atomic E-state index is 0.149. The van der Waals surface area contributed by atoms with E-state index >= 15 is 0 Å². The summed E-state index contributed by atoms with van der Waals surface area (Å²) in [6.45, 7) is 6.04. The van der Waals surface area contributed by atoms with Crippen LogP contribution < -0.4 is 5.32 Å². The lowest BCUT2D eigenvalue weighted by Gasteiger charge is -2.26. The summed E-state index contributed by atoms with van der Waals surface area (Å²) in [5, 5.41) is 3.36. The molecule has 1 aliphatic heterocycles. The molecule has 0 aromatic heterocycles. The van der Waals surface area contributed by atoms with Gasteiger partial charge in [0.25, 0.3) is 5.91 Å². The number of nitrogens with one attached hydrogen (secondary N) is 1. The summed E-state index contributed by atoms with van der Waals surface area (Å²) >= 11 is 0. The monoisotopic (exact) mass is 392 g/mol. The lowest BCUT2D eigenvalue weighted by molar-refractivity contribution is 0.0724. The second kappa shape index (κ2) is 10.6. The number of carbonyl (C=O) groups excluding carboxylic acids is 1. The summed E-state index contributed by atoms with van der Waals surface area (Å²) < 4.78 is 0. The van der Waals surface area contributed by atoms with Crippen molar-refractivity contribution in [1.29, 1.82) is 0 Å². The third kappa shape index (κ3) is 6.08. The number of guanidine groups is 1. The van der Waals surface area contributed by atoms with Crippen molar-refractivity contribution in [3.8, 4) is 0 Å². The van der Waals surface area contributed by atoms with Gasteiger partial charge in [-0.25, -0.2) is 4.99 Å². The van der Waals surface area contributed by atoms with Gasteiger partial charge < -0.3 is 15.1 Å². The molecule has 0 atom stereocenters. The van der Waals surface area contributed by atoms with Crippen LogP contribution in [0.25, 0.3) is 0 Å². The Morgan fingerprint density at radius 3 is 2.34 bits per heavy atom. The molecule has 0 spiro atoms. The Kier molecular flexibility index (Phi) is 7.68. The van der Waals surface area contributed by atoms with Crippen LogP contribution in [0.15, 0.2) is 59.6 Å². The average Bonchev–Trinajstić information content (AvgIpc) is 2.77. The fraction of sp³-hybridized carbons (Fsp3) is 0.417. The minimum Gasteiger partial charge on any atom is -0.357 e. The van der Waals surface area contributed by atoms with Crippen LogP contribution in [0.2, 0.25) is 0 Å². The summed E-state index contributed by atoms with van der Waals surface area (Å²) in [5.41, 5.74) is 3.12. The zero-order valence-electron chi connectivity index (χ0n) is 17.6. The fourth-order valence-electron chi connectivity index (χ4n) is 3.60. The van der Waals surface area contributed by atoms with Gasteiger partial charge in [-0.15, -0.1) is 0 Å². The summed E-state index contributed by atoms with van der Waals surface area (Å²) in [6.07, 6.45) is 3.46. The summed E-state index contributed by atoms with van der Waals surface area (Å²) in [7, 11) is 2.05. The first kappa shape index (κ1) is 20.9. The molecule has 5 heteroatoms. The molecule has 3 rings (SSSR count). The second-order valence-corrected chi connectivity index (χ2v) is 7.56. The molecule has 1 amide bonds. The maximum absolute atomic E-state index is 12.6. The van der Waals surface area contributed by atoms with E-state index in [0.29, 0.717) is 6.54 Å². The smallest absolute Gasteiger partial charge is 0.253 e. The van der Waals surface area contributed by atoms with Crippen molar-refractivity contribution in [2.24, 2.45) is 4.99 Å². The minimum absolute atomic E-state index is 0.149. The Morgan fingerprint density at radius 2 is 1.69 bits per heavy atom. The summed E-state index contributed by atoms with van der Waals surface area (Å²) in [6, 6.07) is 18.3. The van der Waals surface area contributed by atoms with Crippen molar-refractivity contribution in [2.45, 2.75) is 39.3 Å². The van der Waals surface area contributed by atoms with Crippen molar-refractivity contribution < 1.29 is 4.79 Å². The quantitative estimate of drug-likeness (QED) is 0.599. The molecule has 0 aliphatic carbocycles. The number of rotatable bonds is 6. The van der Waals surface area contributed by atoms with Crippen molar-refractivity contribution in [1.82, 2.24) is 15.1 Å². The Bertz CT molecular complexity index is 795. The molecule has 2 aromatic rings. The first-order valence-corrected chi connectivity index (χ1v) is 10.6. The lowest BCUT2D eigenvalue weighted by atomic mass is 10.1. The van der Waals surface area contributed by atoms with E-state index in [1.165, 1.54) is 12.0 Å². The lowest BCUT2D eigenvalue weighted by Crippen LogP contribution is -2.38. The number of hydrogen-bond acceptors (Lipinski definition) is 2. The average molecular weight is 393 g/mol. The predicted octanol–water partition coefficient (Wildman–Crippen LogP) is 3.91. The number of benzene rings is 2. The first-order valence-electron chi connectivity index (χ1n) is 10.6. The van der Waals surface area contributed by atoms with E-state index in [9.17, 15) is 4.79 Å². The van der Waals surface area contributed by atoms with E-state index in [-0.39, 0.29) is 5.91 Å². The first-order chi connectivity index (χ1) is 14.2. The van der Waals surface area contributed by atoms with E-state index in [1.807, 2.05) is 35.2 Å². The largest absolute Gasteiger partial charge is 0.357 e. The molecule has 0 bridgehead atoms. The van der Waals surface area contributed by atoms with Gasteiger partial charge in [-0.05, 0) is 49.4 Å². The number of carbonyl (C=O) groups is 1. The van der Waals surface area contributed by atoms with Crippen LogP contribution in [-0.2, 0) is 13.1 Å². The highest BCUT2D eigenvalue weighted by atomic mass is 16.2. The predicted molar refractivity (Wildman–Crippen MR) is 119 cm³/mol. The van der Waals surface area contributed by atoms with Gasteiger partial charge in [0, 0.05) is 38.8 Å². The highest BCUT2D eigenvalue weighted by Crippen LogP contribution is 2.14.